The Morgan fingerprint density at radius 1 is 1.40 bits per heavy atom. The maximum Gasteiger partial charge on any atom is 0.254 e. The molecule has 106 valence electrons. The molecule has 0 spiro atoms. The molecule has 0 aliphatic carbocycles. The minimum Gasteiger partial charge on any atom is -0.345 e. The summed E-state index contributed by atoms with van der Waals surface area (Å²) in [6, 6.07) is 3.41. The number of rotatable bonds is 4. The van der Waals surface area contributed by atoms with Crippen molar-refractivity contribution in [2.75, 3.05) is 0 Å². The molecule has 5 nitrogen and oxygen atoms in total. The molecule has 20 heavy (non-hydrogen) atoms. The number of carbonyl (C=O) groups excluding carboxylic acids is 1. The average molecular weight is 281 g/mol. The molecule has 0 unspecified atom stereocenters. The van der Waals surface area contributed by atoms with Crippen LogP contribution in [0.15, 0.2) is 22.7 Å². The fourth-order valence-corrected chi connectivity index (χ4v) is 1.51. The fourth-order valence-electron chi connectivity index (χ4n) is 1.51. The first-order chi connectivity index (χ1) is 9.49. The summed E-state index contributed by atoms with van der Waals surface area (Å²) in [6.45, 7) is 3.75. The van der Waals surface area contributed by atoms with Gasteiger partial charge in [0.15, 0.2) is 17.5 Å². The monoisotopic (exact) mass is 281 g/mol. The lowest BCUT2D eigenvalue weighted by Crippen LogP contribution is -2.24. The molecule has 2 rings (SSSR count). The molecule has 0 radical (unpaired) electrons. The van der Waals surface area contributed by atoms with Crippen molar-refractivity contribution in [3.05, 3.63) is 47.1 Å². The molecule has 0 aliphatic heterocycles. The van der Waals surface area contributed by atoms with E-state index in [-0.39, 0.29) is 23.9 Å². The summed E-state index contributed by atoms with van der Waals surface area (Å²) >= 11 is 0. The van der Waals surface area contributed by atoms with Gasteiger partial charge >= 0.3 is 0 Å². The number of halogens is 2. The minimum atomic E-state index is -1.18. The number of nitrogens with one attached hydrogen (secondary N) is 1. The lowest BCUT2D eigenvalue weighted by atomic mass is 10.2. The first-order valence-electron chi connectivity index (χ1n) is 6.03. The van der Waals surface area contributed by atoms with Crippen LogP contribution in [-0.2, 0) is 6.54 Å². The van der Waals surface area contributed by atoms with Crippen LogP contribution >= 0.6 is 0 Å². The molecule has 0 bridgehead atoms. The number of benzene rings is 1. The van der Waals surface area contributed by atoms with Crippen molar-refractivity contribution in [2.45, 2.75) is 26.3 Å². The third-order valence-electron chi connectivity index (χ3n) is 2.58. The second-order valence-corrected chi connectivity index (χ2v) is 4.49. The normalized spacial score (nSPS) is 10.8. The van der Waals surface area contributed by atoms with E-state index in [1.54, 1.807) is 0 Å². The van der Waals surface area contributed by atoms with E-state index < -0.39 is 17.5 Å². The summed E-state index contributed by atoms with van der Waals surface area (Å²) < 4.78 is 31.4. The van der Waals surface area contributed by atoms with Gasteiger partial charge in [-0.05, 0) is 12.1 Å². The summed E-state index contributed by atoms with van der Waals surface area (Å²) in [5.41, 5.74) is -0.363. The molecule has 1 N–H and O–H groups in total. The van der Waals surface area contributed by atoms with E-state index in [0.29, 0.717) is 5.89 Å². The first kappa shape index (κ1) is 14.1. The van der Waals surface area contributed by atoms with Crippen LogP contribution in [0.2, 0.25) is 0 Å². The summed E-state index contributed by atoms with van der Waals surface area (Å²) in [6.07, 6.45) is 0. The maximum atomic E-state index is 13.4. The molecule has 2 aromatic rings. The van der Waals surface area contributed by atoms with Gasteiger partial charge in [-0.3, -0.25) is 4.79 Å². The highest BCUT2D eigenvalue weighted by Gasteiger charge is 2.16. The molecule has 7 heteroatoms. The smallest absolute Gasteiger partial charge is 0.254 e. The van der Waals surface area contributed by atoms with Crippen LogP contribution in [0, 0.1) is 11.6 Å². The Morgan fingerprint density at radius 3 is 2.80 bits per heavy atom. The predicted octanol–water partition coefficient (Wildman–Crippen LogP) is 2.40. The zero-order valence-electron chi connectivity index (χ0n) is 11.0. The lowest BCUT2D eigenvalue weighted by Gasteiger charge is -2.04. The van der Waals surface area contributed by atoms with Crippen molar-refractivity contribution in [3.8, 4) is 0 Å². The minimum absolute atomic E-state index is 0.0228. The zero-order valence-corrected chi connectivity index (χ0v) is 11.0. The van der Waals surface area contributed by atoms with Crippen LogP contribution in [-0.4, -0.2) is 16.0 Å². The van der Waals surface area contributed by atoms with Crippen molar-refractivity contribution in [3.63, 3.8) is 0 Å². The molecule has 1 aromatic carbocycles. The quantitative estimate of drug-likeness (QED) is 0.934. The summed E-state index contributed by atoms with van der Waals surface area (Å²) in [5.74, 6) is -2.18. The van der Waals surface area contributed by atoms with E-state index in [4.69, 9.17) is 4.52 Å². The molecular formula is C13H13F2N3O2. The van der Waals surface area contributed by atoms with Crippen molar-refractivity contribution in [2.24, 2.45) is 0 Å². The first-order valence-corrected chi connectivity index (χ1v) is 6.03. The van der Waals surface area contributed by atoms with Crippen LogP contribution in [0.4, 0.5) is 8.78 Å². The highest BCUT2D eigenvalue weighted by molar-refractivity contribution is 5.94. The van der Waals surface area contributed by atoms with E-state index in [1.807, 2.05) is 13.8 Å². The van der Waals surface area contributed by atoms with Gasteiger partial charge in [0.2, 0.25) is 5.89 Å². The van der Waals surface area contributed by atoms with Gasteiger partial charge in [-0.1, -0.05) is 25.1 Å². The Bertz CT molecular complexity index is 626. The van der Waals surface area contributed by atoms with Crippen molar-refractivity contribution in [1.82, 2.24) is 15.5 Å². The Balaban J connectivity index is 2.03. The standard InChI is InChI=1S/C13H13F2N3O2/c1-7(2)13-17-10(18-20-13)6-16-12(19)8-4-3-5-9(14)11(8)15/h3-5,7H,6H2,1-2H3,(H,16,19). The highest BCUT2D eigenvalue weighted by Crippen LogP contribution is 2.12. The van der Waals surface area contributed by atoms with Crippen LogP contribution in [0.25, 0.3) is 0 Å². The molecule has 1 heterocycles. The molecular weight excluding hydrogens is 268 g/mol. The summed E-state index contributed by atoms with van der Waals surface area (Å²) in [5, 5.41) is 6.08. The van der Waals surface area contributed by atoms with Gasteiger partial charge in [0.05, 0.1) is 12.1 Å². The highest BCUT2D eigenvalue weighted by atomic mass is 19.2. The third-order valence-corrected chi connectivity index (χ3v) is 2.58. The number of hydrogen-bond donors (Lipinski definition) is 1. The second-order valence-electron chi connectivity index (χ2n) is 4.49. The SMILES string of the molecule is CC(C)c1nc(CNC(=O)c2cccc(F)c2F)no1. The molecule has 0 aliphatic rings. The zero-order chi connectivity index (χ0) is 14.7. The van der Waals surface area contributed by atoms with Crippen molar-refractivity contribution < 1.29 is 18.1 Å². The van der Waals surface area contributed by atoms with Gasteiger partial charge < -0.3 is 9.84 Å². The number of nitrogens with zero attached hydrogens (tertiary/aromatic N) is 2. The Hall–Kier alpha value is -2.31. The van der Waals surface area contributed by atoms with Gasteiger partial charge in [0, 0.05) is 5.92 Å². The van der Waals surface area contributed by atoms with Gasteiger partial charge in [0.25, 0.3) is 5.91 Å². The predicted molar refractivity (Wildman–Crippen MR) is 65.9 cm³/mol. The topological polar surface area (TPSA) is 68.0 Å². The summed E-state index contributed by atoms with van der Waals surface area (Å²) in [4.78, 5) is 15.8. The molecule has 0 saturated carbocycles. The Kier molecular flexibility index (Phi) is 4.07. The average Bonchev–Trinajstić information content (AvgIpc) is 2.88. The van der Waals surface area contributed by atoms with E-state index in [9.17, 15) is 13.6 Å². The molecule has 0 fully saturated rings. The molecule has 1 aromatic heterocycles. The van der Waals surface area contributed by atoms with Gasteiger partial charge in [-0.2, -0.15) is 4.98 Å². The number of hydrogen-bond acceptors (Lipinski definition) is 4. The van der Waals surface area contributed by atoms with Crippen LogP contribution in [0.3, 0.4) is 0 Å². The van der Waals surface area contributed by atoms with Gasteiger partial charge in [0.1, 0.15) is 0 Å². The van der Waals surface area contributed by atoms with Crippen molar-refractivity contribution in [1.29, 1.82) is 0 Å². The largest absolute Gasteiger partial charge is 0.345 e. The van der Waals surface area contributed by atoms with Crippen LogP contribution in [0.5, 0.6) is 0 Å². The fraction of sp³-hybridized carbons (Fsp3) is 0.308. The van der Waals surface area contributed by atoms with Gasteiger partial charge in [-0.15, -0.1) is 0 Å². The molecule has 0 saturated heterocycles. The van der Waals surface area contributed by atoms with Crippen molar-refractivity contribution >= 4 is 5.91 Å². The Labute approximate surface area is 114 Å². The van der Waals surface area contributed by atoms with E-state index in [0.717, 1.165) is 6.07 Å². The third kappa shape index (κ3) is 2.98. The Morgan fingerprint density at radius 2 is 2.15 bits per heavy atom. The molecule has 0 atom stereocenters. The maximum absolute atomic E-state index is 13.4. The lowest BCUT2D eigenvalue weighted by molar-refractivity contribution is 0.0944. The second kappa shape index (κ2) is 5.77. The number of amides is 1. The summed E-state index contributed by atoms with van der Waals surface area (Å²) in [7, 11) is 0. The van der Waals surface area contributed by atoms with E-state index >= 15 is 0 Å². The number of aromatic nitrogens is 2. The van der Waals surface area contributed by atoms with Crippen LogP contribution in [0.1, 0.15) is 41.8 Å². The van der Waals surface area contributed by atoms with E-state index in [1.165, 1.54) is 12.1 Å². The van der Waals surface area contributed by atoms with Gasteiger partial charge in [-0.25, -0.2) is 8.78 Å². The number of carbonyl (C=O) groups is 1. The van der Waals surface area contributed by atoms with Crippen LogP contribution < -0.4 is 5.32 Å². The van der Waals surface area contributed by atoms with E-state index in [2.05, 4.69) is 15.5 Å². The molecule has 1 amide bonds.